The number of aryl methyl sites for hydroxylation is 1. The minimum absolute atomic E-state index is 0.0769. The summed E-state index contributed by atoms with van der Waals surface area (Å²) in [4.78, 5) is 3.42. The maximum absolute atomic E-state index is 12.1. The molecule has 1 aromatic heterocycles. The molecule has 1 nitrogen and oxygen atoms in total. The highest BCUT2D eigenvalue weighted by atomic mass is 35.5. The molecule has 0 unspecified atom stereocenters. The van der Waals surface area contributed by atoms with E-state index in [1.165, 1.54) is 6.07 Å². The van der Waals surface area contributed by atoms with E-state index in [0.29, 0.717) is 5.56 Å². The average molecular weight is 212 g/mol. The lowest BCUT2D eigenvalue weighted by atomic mass is 10.2. The molecule has 0 bridgehead atoms. The third kappa shape index (κ3) is 1.84. The van der Waals surface area contributed by atoms with E-state index < -0.39 is 6.43 Å². The van der Waals surface area contributed by atoms with Crippen molar-refractivity contribution in [2.45, 2.75) is 13.3 Å². The molecule has 12 heavy (non-hydrogen) atoms. The maximum Gasteiger partial charge on any atom is 0.280 e. The molecule has 1 rings (SSSR count). The van der Waals surface area contributed by atoms with Crippen molar-refractivity contribution >= 4 is 23.2 Å². The van der Waals surface area contributed by atoms with E-state index in [0.717, 1.165) is 0 Å². The van der Waals surface area contributed by atoms with E-state index in [4.69, 9.17) is 23.2 Å². The van der Waals surface area contributed by atoms with E-state index in [1.54, 1.807) is 6.92 Å². The Morgan fingerprint density at radius 3 is 2.42 bits per heavy atom. The second kappa shape index (κ2) is 3.54. The fourth-order valence-corrected chi connectivity index (χ4v) is 1.10. The van der Waals surface area contributed by atoms with Gasteiger partial charge in [-0.15, -0.1) is 0 Å². The summed E-state index contributed by atoms with van der Waals surface area (Å²) >= 11 is 11.1. The van der Waals surface area contributed by atoms with E-state index in [1.807, 2.05) is 0 Å². The van der Waals surface area contributed by atoms with Gasteiger partial charge in [-0.2, -0.15) is 0 Å². The van der Waals surface area contributed by atoms with Gasteiger partial charge in [0.05, 0.1) is 5.02 Å². The number of hydrogen-bond acceptors (Lipinski definition) is 1. The molecule has 0 aliphatic carbocycles. The molecule has 0 radical (unpaired) electrons. The predicted octanol–water partition coefficient (Wildman–Crippen LogP) is 3.63. The summed E-state index contributed by atoms with van der Waals surface area (Å²) < 4.78 is 24.2. The van der Waals surface area contributed by atoms with Crippen LogP contribution >= 0.6 is 23.2 Å². The van der Waals surface area contributed by atoms with Gasteiger partial charge in [-0.1, -0.05) is 23.2 Å². The summed E-state index contributed by atoms with van der Waals surface area (Å²) in [6.45, 7) is 1.60. The Bertz CT molecular complexity index is 278. The van der Waals surface area contributed by atoms with Crippen molar-refractivity contribution in [2.75, 3.05) is 0 Å². The zero-order chi connectivity index (χ0) is 9.30. The topological polar surface area (TPSA) is 12.9 Å². The molecule has 0 fully saturated rings. The summed E-state index contributed by atoms with van der Waals surface area (Å²) in [6, 6.07) is 1.22. The van der Waals surface area contributed by atoms with Gasteiger partial charge in [0.15, 0.2) is 0 Å². The van der Waals surface area contributed by atoms with Crippen LogP contribution in [0.1, 0.15) is 17.7 Å². The Hall–Kier alpha value is -0.410. The Morgan fingerprint density at radius 2 is 2.00 bits per heavy atom. The highest BCUT2D eigenvalue weighted by Gasteiger charge is 2.12. The van der Waals surface area contributed by atoms with Gasteiger partial charge >= 0.3 is 0 Å². The van der Waals surface area contributed by atoms with Crippen LogP contribution in [0.5, 0.6) is 0 Å². The Morgan fingerprint density at radius 1 is 1.42 bits per heavy atom. The van der Waals surface area contributed by atoms with E-state index in [2.05, 4.69) is 4.98 Å². The lowest BCUT2D eigenvalue weighted by molar-refractivity contribution is 0.146. The molecule has 5 heteroatoms. The van der Waals surface area contributed by atoms with Crippen molar-refractivity contribution in [1.82, 2.24) is 4.98 Å². The molecule has 0 amide bonds. The smallest absolute Gasteiger partial charge is 0.234 e. The summed E-state index contributed by atoms with van der Waals surface area (Å²) in [5, 5.41) is 0.146. The first-order chi connectivity index (χ1) is 5.52. The number of nitrogens with zero attached hydrogens (tertiary/aromatic N) is 1. The Labute approximate surface area is 78.3 Å². The number of hydrogen-bond donors (Lipinski definition) is 0. The van der Waals surface area contributed by atoms with Crippen LogP contribution < -0.4 is 0 Å². The van der Waals surface area contributed by atoms with Crippen LogP contribution in [0.3, 0.4) is 0 Å². The number of rotatable bonds is 1. The SMILES string of the molecule is Cc1cc(C(F)F)nc(Cl)c1Cl. The minimum atomic E-state index is -2.61. The molecule has 0 atom stereocenters. The van der Waals surface area contributed by atoms with Gasteiger partial charge in [-0.3, -0.25) is 0 Å². The second-order valence-corrected chi connectivity index (χ2v) is 3.01. The Kier molecular flexibility index (Phi) is 2.85. The van der Waals surface area contributed by atoms with Crippen LogP contribution in [-0.2, 0) is 0 Å². The molecule has 0 saturated carbocycles. The maximum atomic E-state index is 12.1. The number of pyridine rings is 1. The van der Waals surface area contributed by atoms with Gasteiger partial charge in [0, 0.05) is 0 Å². The fourth-order valence-electron chi connectivity index (χ4n) is 0.754. The largest absolute Gasteiger partial charge is 0.280 e. The number of halogens is 4. The van der Waals surface area contributed by atoms with Gasteiger partial charge < -0.3 is 0 Å². The molecule has 1 aromatic rings. The van der Waals surface area contributed by atoms with Crippen LogP contribution in [0.4, 0.5) is 8.78 Å². The Balaban J connectivity index is 3.21. The standard InChI is InChI=1S/C7H5Cl2F2N/c1-3-2-4(7(10)11)12-6(9)5(3)8/h2,7H,1H3. The highest BCUT2D eigenvalue weighted by molar-refractivity contribution is 6.41. The molecule has 0 saturated heterocycles. The summed E-state index contributed by atoms with van der Waals surface area (Å²) in [6.07, 6.45) is -2.61. The summed E-state index contributed by atoms with van der Waals surface area (Å²) in [5.41, 5.74) is 0.161. The van der Waals surface area contributed by atoms with E-state index in [9.17, 15) is 8.78 Å². The van der Waals surface area contributed by atoms with Crippen molar-refractivity contribution < 1.29 is 8.78 Å². The van der Waals surface area contributed by atoms with Crippen LogP contribution in [0.2, 0.25) is 10.2 Å². The summed E-state index contributed by atoms with van der Waals surface area (Å²) in [5.74, 6) is 0. The lowest BCUT2D eigenvalue weighted by Crippen LogP contribution is -1.92. The average Bonchev–Trinajstić information content (AvgIpc) is 1.99. The first kappa shape index (κ1) is 9.68. The summed E-state index contributed by atoms with van der Waals surface area (Å²) in [7, 11) is 0. The second-order valence-electron chi connectivity index (χ2n) is 2.27. The van der Waals surface area contributed by atoms with Gasteiger partial charge in [-0.05, 0) is 18.6 Å². The van der Waals surface area contributed by atoms with Gasteiger partial charge in [-0.25, -0.2) is 13.8 Å². The van der Waals surface area contributed by atoms with Crippen LogP contribution in [0.15, 0.2) is 6.07 Å². The zero-order valence-electron chi connectivity index (χ0n) is 6.11. The molecular formula is C7H5Cl2F2N. The third-order valence-electron chi connectivity index (χ3n) is 1.34. The van der Waals surface area contributed by atoms with E-state index >= 15 is 0 Å². The minimum Gasteiger partial charge on any atom is -0.234 e. The fraction of sp³-hybridized carbons (Fsp3) is 0.286. The van der Waals surface area contributed by atoms with Crippen LogP contribution in [0.25, 0.3) is 0 Å². The van der Waals surface area contributed by atoms with Gasteiger partial charge in [0.25, 0.3) is 6.43 Å². The third-order valence-corrected chi connectivity index (χ3v) is 2.19. The van der Waals surface area contributed by atoms with Crippen molar-refractivity contribution in [1.29, 1.82) is 0 Å². The first-order valence-electron chi connectivity index (χ1n) is 3.13. The number of aromatic nitrogens is 1. The predicted molar refractivity (Wildman–Crippen MR) is 44.0 cm³/mol. The highest BCUT2D eigenvalue weighted by Crippen LogP contribution is 2.27. The normalized spacial score (nSPS) is 10.8. The molecule has 0 aromatic carbocycles. The van der Waals surface area contributed by atoms with Gasteiger partial charge in [0.1, 0.15) is 10.8 Å². The lowest BCUT2D eigenvalue weighted by Gasteiger charge is -2.03. The zero-order valence-corrected chi connectivity index (χ0v) is 7.63. The molecule has 0 N–H and O–H groups in total. The molecule has 0 spiro atoms. The van der Waals surface area contributed by atoms with Crippen molar-refractivity contribution in [2.24, 2.45) is 0 Å². The molecular weight excluding hydrogens is 207 g/mol. The van der Waals surface area contributed by atoms with Crippen LogP contribution in [-0.4, -0.2) is 4.98 Å². The van der Waals surface area contributed by atoms with Gasteiger partial charge in [0.2, 0.25) is 0 Å². The monoisotopic (exact) mass is 211 g/mol. The number of alkyl halides is 2. The molecule has 0 aliphatic rings. The van der Waals surface area contributed by atoms with Crippen molar-refractivity contribution in [3.8, 4) is 0 Å². The molecule has 66 valence electrons. The molecule has 1 heterocycles. The van der Waals surface area contributed by atoms with E-state index in [-0.39, 0.29) is 15.9 Å². The first-order valence-corrected chi connectivity index (χ1v) is 3.88. The quantitative estimate of drug-likeness (QED) is 0.647. The molecule has 0 aliphatic heterocycles. The van der Waals surface area contributed by atoms with Crippen molar-refractivity contribution in [3.63, 3.8) is 0 Å². The van der Waals surface area contributed by atoms with Crippen molar-refractivity contribution in [3.05, 3.63) is 27.5 Å². The van der Waals surface area contributed by atoms with Crippen LogP contribution in [0, 0.1) is 6.92 Å².